The summed E-state index contributed by atoms with van der Waals surface area (Å²) >= 11 is 0. The highest BCUT2D eigenvalue weighted by Gasteiger charge is 2.19. The van der Waals surface area contributed by atoms with E-state index in [0.717, 1.165) is 36.2 Å². The van der Waals surface area contributed by atoms with Crippen LogP contribution in [-0.4, -0.2) is 41.4 Å². The molecule has 0 saturated carbocycles. The Hall–Kier alpha value is -1.72. The van der Waals surface area contributed by atoms with Gasteiger partial charge in [0, 0.05) is 31.4 Å². The molecule has 1 aliphatic heterocycles. The third-order valence-electron chi connectivity index (χ3n) is 3.86. The van der Waals surface area contributed by atoms with Gasteiger partial charge in [0.05, 0.1) is 30.3 Å². The maximum atomic E-state index is 12.3. The van der Waals surface area contributed by atoms with E-state index < -0.39 is 0 Å². The van der Waals surface area contributed by atoms with Crippen molar-refractivity contribution in [3.8, 4) is 0 Å². The lowest BCUT2D eigenvalue weighted by Crippen LogP contribution is -2.39. The topological polar surface area (TPSA) is 56.2 Å². The number of hydrogen-bond acceptors (Lipinski definition) is 4. The molecule has 2 aromatic rings. The summed E-state index contributed by atoms with van der Waals surface area (Å²) in [5.41, 5.74) is 1.97. The van der Waals surface area contributed by atoms with Crippen molar-refractivity contribution in [3.05, 3.63) is 30.0 Å². The van der Waals surface area contributed by atoms with Crippen molar-refractivity contribution in [1.29, 1.82) is 0 Å². The second-order valence-corrected chi connectivity index (χ2v) is 5.40. The molecule has 1 aromatic carbocycles. The summed E-state index contributed by atoms with van der Waals surface area (Å²) in [7, 11) is 0. The van der Waals surface area contributed by atoms with E-state index in [4.69, 9.17) is 4.74 Å². The van der Waals surface area contributed by atoms with Gasteiger partial charge in [0.25, 0.3) is 0 Å². The molecular weight excluding hydrogens is 266 g/mol. The van der Waals surface area contributed by atoms with Crippen LogP contribution < -0.4 is 5.32 Å². The van der Waals surface area contributed by atoms with E-state index in [2.05, 4.69) is 17.3 Å². The number of ketones is 1. The van der Waals surface area contributed by atoms with Gasteiger partial charge < -0.3 is 10.1 Å². The minimum Gasteiger partial charge on any atom is -0.375 e. The summed E-state index contributed by atoms with van der Waals surface area (Å²) in [6.07, 6.45) is 0.846. The summed E-state index contributed by atoms with van der Waals surface area (Å²) in [4.78, 5) is 12.3. The summed E-state index contributed by atoms with van der Waals surface area (Å²) in [5, 5.41) is 8.91. The van der Waals surface area contributed by atoms with Crippen LogP contribution in [0.1, 0.15) is 19.0 Å². The van der Waals surface area contributed by atoms with Gasteiger partial charge >= 0.3 is 0 Å². The maximum Gasteiger partial charge on any atom is 0.141 e. The molecule has 0 amide bonds. The molecule has 5 heteroatoms. The minimum absolute atomic E-state index is 0.00535. The van der Waals surface area contributed by atoms with Crippen LogP contribution in [0, 0.1) is 0 Å². The van der Waals surface area contributed by atoms with E-state index in [1.54, 1.807) is 0 Å². The zero-order valence-corrected chi connectivity index (χ0v) is 12.3. The van der Waals surface area contributed by atoms with Gasteiger partial charge in [-0.3, -0.25) is 9.48 Å². The third kappa shape index (κ3) is 3.14. The summed E-state index contributed by atoms with van der Waals surface area (Å²) < 4.78 is 7.55. The van der Waals surface area contributed by atoms with E-state index in [1.165, 1.54) is 0 Å². The Labute approximate surface area is 124 Å². The summed E-state index contributed by atoms with van der Waals surface area (Å²) in [5.74, 6) is 0.190. The smallest absolute Gasteiger partial charge is 0.141 e. The Bertz CT molecular complexity index is 629. The number of nitrogens with zero attached hydrogens (tertiary/aromatic N) is 2. The predicted octanol–water partition coefficient (Wildman–Crippen LogP) is 1.55. The van der Waals surface area contributed by atoms with Crippen LogP contribution in [-0.2, 0) is 22.5 Å². The number of hydrogen-bond donors (Lipinski definition) is 1. The molecule has 1 saturated heterocycles. The number of ether oxygens (including phenoxy) is 1. The lowest BCUT2D eigenvalue weighted by molar-refractivity contribution is -0.121. The maximum absolute atomic E-state index is 12.3. The minimum atomic E-state index is 0.00535. The van der Waals surface area contributed by atoms with Gasteiger partial charge in [0.2, 0.25) is 0 Å². The number of benzene rings is 1. The van der Waals surface area contributed by atoms with Gasteiger partial charge in [-0.1, -0.05) is 18.2 Å². The van der Waals surface area contributed by atoms with Crippen molar-refractivity contribution >= 4 is 16.7 Å². The molecule has 0 radical (unpaired) electrons. The fourth-order valence-electron chi connectivity index (χ4n) is 2.83. The fraction of sp³-hybridized carbons (Fsp3) is 0.500. The van der Waals surface area contributed by atoms with Crippen LogP contribution in [0.25, 0.3) is 10.9 Å². The molecule has 0 bridgehead atoms. The average molecular weight is 287 g/mol. The zero-order valence-electron chi connectivity index (χ0n) is 12.3. The molecule has 0 spiro atoms. The number of rotatable bonds is 5. The predicted molar refractivity (Wildman–Crippen MR) is 81.3 cm³/mol. The van der Waals surface area contributed by atoms with Gasteiger partial charge in [-0.25, -0.2) is 0 Å². The first-order chi connectivity index (χ1) is 10.3. The van der Waals surface area contributed by atoms with Gasteiger partial charge in [-0.2, -0.15) is 5.10 Å². The van der Waals surface area contributed by atoms with Crippen molar-refractivity contribution in [1.82, 2.24) is 15.1 Å². The molecular formula is C16H21N3O2. The zero-order chi connectivity index (χ0) is 14.7. The number of carbonyl (C=O) groups excluding carboxylic acids is 1. The number of aryl methyl sites for hydroxylation is 1. The van der Waals surface area contributed by atoms with Crippen LogP contribution in [0.4, 0.5) is 0 Å². The van der Waals surface area contributed by atoms with Gasteiger partial charge in [0.1, 0.15) is 5.78 Å². The Morgan fingerprint density at radius 3 is 3.10 bits per heavy atom. The van der Waals surface area contributed by atoms with Gasteiger partial charge in [0.15, 0.2) is 0 Å². The SMILES string of the molecule is CCn1nc(CC(=O)CC2CNCCO2)c2ccccc21. The number of fused-ring (bicyclic) bond motifs is 1. The Morgan fingerprint density at radius 1 is 1.48 bits per heavy atom. The molecule has 1 atom stereocenters. The van der Waals surface area contributed by atoms with E-state index >= 15 is 0 Å². The van der Waals surface area contributed by atoms with Crippen LogP contribution in [0.2, 0.25) is 0 Å². The Kier molecular flexibility index (Phi) is 4.31. The molecule has 1 aromatic heterocycles. The summed E-state index contributed by atoms with van der Waals surface area (Å²) in [6, 6.07) is 8.08. The van der Waals surface area contributed by atoms with Gasteiger partial charge in [-0.15, -0.1) is 0 Å². The van der Waals surface area contributed by atoms with Crippen molar-refractivity contribution in [3.63, 3.8) is 0 Å². The molecule has 3 rings (SSSR count). The molecule has 1 N–H and O–H groups in total. The van der Waals surface area contributed by atoms with E-state index in [1.807, 2.05) is 28.9 Å². The molecule has 2 heterocycles. The number of carbonyl (C=O) groups is 1. The standard InChI is InChI=1S/C16H21N3O2/c1-2-19-16-6-4-3-5-14(16)15(18-19)10-12(20)9-13-11-17-7-8-21-13/h3-6,13,17H,2,7-11H2,1H3. The number of aromatic nitrogens is 2. The van der Waals surface area contributed by atoms with Crippen LogP contribution in [0.15, 0.2) is 24.3 Å². The lowest BCUT2D eigenvalue weighted by atomic mass is 10.1. The molecule has 1 fully saturated rings. The second-order valence-electron chi connectivity index (χ2n) is 5.40. The molecule has 1 aliphatic rings. The third-order valence-corrected chi connectivity index (χ3v) is 3.86. The first-order valence-electron chi connectivity index (χ1n) is 7.56. The summed E-state index contributed by atoms with van der Waals surface area (Å²) in [6.45, 7) is 5.19. The number of para-hydroxylation sites is 1. The van der Waals surface area contributed by atoms with Gasteiger partial charge in [-0.05, 0) is 13.0 Å². The fourth-order valence-corrected chi connectivity index (χ4v) is 2.83. The van der Waals surface area contributed by atoms with Crippen LogP contribution in [0.3, 0.4) is 0 Å². The molecule has 1 unspecified atom stereocenters. The monoisotopic (exact) mass is 287 g/mol. The van der Waals surface area contributed by atoms with E-state index in [0.29, 0.717) is 19.4 Å². The average Bonchev–Trinajstić information content (AvgIpc) is 2.86. The number of nitrogens with one attached hydrogen (secondary N) is 1. The van der Waals surface area contributed by atoms with Crippen molar-refractivity contribution in [2.45, 2.75) is 32.4 Å². The van der Waals surface area contributed by atoms with E-state index in [-0.39, 0.29) is 11.9 Å². The van der Waals surface area contributed by atoms with Crippen LogP contribution >= 0.6 is 0 Å². The van der Waals surface area contributed by atoms with Crippen molar-refractivity contribution < 1.29 is 9.53 Å². The van der Waals surface area contributed by atoms with E-state index in [9.17, 15) is 4.79 Å². The second kappa shape index (κ2) is 6.37. The highest BCUT2D eigenvalue weighted by Crippen LogP contribution is 2.19. The Morgan fingerprint density at radius 2 is 2.33 bits per heavy atom. The molecule has 21 heavy (non-hydrogen) atoms. The largest absolute Gasteiger partial charge is 0.375 e. The molecule has 5 nitrogen and oxygen atoms in total. The number of Topliss-reactive ketones (excluding diaryl/α,β-unsaturated/α-hetero) is 1. The highest BCUT2D eigenvalue weighted by molar-refractivity contribution is 5.88. The Balaban J connectivity index is 1.73. The van der Waals surface area contributed by atoms with Crippen molar-refractivity contribution in [2.75, 3.05) is 19.7 Å². The molecule has 0 aliphatic carbocycles. The number of morpholine rings is 1. The normalized spacial score (nSPS) is 19.0. The lowest BCUT2D eigenvalue weighted by Gasteiger charge is -2.22. The van der Waals surface area contributed by atoms with Crippen molar-refractivity contribution in [2.24, 2.45) is 0 Å². The first-order valence-corrected chi connectivity index (χ1v) is 7.56. The quantitative estimate of drug-likeness (QED) is 0.906. The highest BCUT2D eigenvalue weighted by atomic mass is 16.5. The molecule has 112 valence electrons. The first kappa shape index (κ1) is 14.2. The van der Waals surface area contributed by atoms with Crippen LogP contribution in [0.5, 0.6) is 0 Å².